The number of sulfonamides is 1. The summed E-state index contributed by atoms with van der Waals surface area (Å²) in [5.41, 5.74) is 2.75. The van der Waals surface area contributed by atoms with E-state index in [1.54, 1.807) is 18.2 Å². The third-order valence-electron chi connectivity index (χ3n) is 7.13. The quantitative estimate of drug-likeness (QED) is 0.687. The van der Waals surface area contributed by atoms with Gasteiger partial charge in [0.15, 0.2) is 0 Å². The molecule has 0 bridgehead atoms. The molecule has 1 N–H and O–H groups in total. The van der Waals surface area contributed by atoms with E-state index < -0.39 is 10.0 Å². The molecule has 1 aliphatic carbocycles. The maximum atomic E-state index is 13.5. The van der Waals surface area contributed by atoms with Crippen molar-refractivity contribution >= 4 is 27.5 Å². The van der Waals surface area contributed by atoms with Gasteiger partial charge in [-0.15, -0.1) is 0 Å². The molecule has 180 valence electrons. The molecule has 34 heavy (non-hydrogen) atoms. The molecule has 2 amide bonds. The highest BCUT2D eigenvalue weighted by Gasteiger charge is 2.40. The first-order valence-electron chi connectivity index (χ1n) is 12.1. The second kappa shape index (κ2) is 9.15. The van der Waals surface area contributed by atoms with E-state index >= 15 is 0 Å². The molecule has 2 atom stereocenters. The molecule has 5 rings (SSSR count). The smallest absolute Gasteiger partial charge is 0.243 e. The third-order valence-corrected chi connectivity index (χ3v) is 8.99. The first-order chi connectivity index (χ1) is 16.3. The summed E-state index contributed by atoms with van der Waals surface area (Å²) in [6.07, 6.45) is 3.86. The predicted molar refractivity (Wildman–Crippen MR) is 130 cm³/mol. The number of nitrogens with one attached hydrogen (secondary N) is 1. The summed E-state index contributed by atoms with van der Waals surface area (Å²) in [7, 11) is -3.73. The molecule has 3 aliphatic rings. The van der Waals surface area contributed by atoms with Crippen molar-refractivity contribution < 1.29 is 18.0 Å². The van der Waals surface area contributed by atoms with Crippen LogP contribution in [0.3, 0.4) is 0 Å². The van der Waals surface area contributed by atoms with Gasteiger partial charge in [-0.1, -0.05) is 30.3 Å². The minimum Gasteiger partial charge on any atom is -0.352 e. The summed E-state index contributed by atoms with van der Waals surface area (Å²) in [5, 5.41) is 2.95. The van der Waals surface area contributed by atoms with E-state index in [0.29, 0.717) is 32.4 Å². The highest BCUT2D eigenvalue weighted by atomic mass is 32.2. The molecular weight excluding hydrogens is 450 g/mol. The van der Waals surface area contributed by atoms with E-state index in [-0.39, 0.29) is 41.1 Å². The van der Waals surface area contributed by atoms with Gasteiger partial charge in [-0.3, -0.25) is 9.59 Å². The number of hydrogen-bond acceptors (Lipinski definition) is 4. The normalized spacial score (nSPS) is 22.9. The van der Waals surface area contributed by atoms with E-state index in [4.69, 9.17) is 0 Å². The largest absolute Gasteiger partial charge is 0.352 e. The highest BCUT2D eigenvalue weighted by molar-refractivity contribution is 7.89. The summed E-state index contributed by atoms with van der Waals surface area (Å²) in [6, 6.07) is 14.8. The lowest BCUT2D eigenvalue weighted by molar-refractivity contribution is -0.126. The molecule has 2 aliphatic heterocycles. The van der Waals surface area contributed by atoms with Crippen molar-refractivity contribution in [3.63, 3.8) is 0 Å². The Labute approximate surface area is 201 Å². The van der Waals surface area contributed by atoms with Crippen molar-refractivity contribution in [3.05, 3.63) is 59.7 Å². The first-order valence-corrected chi connectivity index (χ1v) is 13.6. The zero-order valence-corrected chi connectivity index (χ0v) is 20.3. The molecule has 7 nitrogen and oxygen atoms in total. The SMILES string of the molecule is C[C@H]1Cc2cc(S(=O)(=O)N3CCC[C@@H](C(=O)NCc4ccccc4)C3)ccc2N1C(=O)C1CC1. The number of benzene rings is 2. The highest BCUT2D eigenvalue weighted by Crippen LogP contribution is 2.40. The Morgan fingerprint density at radius 1 is 1.03 bits per heavy atom. The van der Waals surface area contributed by atoms with Gasteiger partial charge < -0.3 is 10.2 Å². The molecule has 2 aromatic carbocycles. The number of amides is 2. The molecule has 2 fully saturated rings. The number of piperidine rings is 1. The van der Waals surface area contributed by atoms with E-state index in [1.807, 2.05) is 42.2 Å². The van der Waals surface area contributed by atoms with Crippen LogP contribution in [0.1, 0.15) is 43.7 Å². The Morgan fingerprint density at radius 3 is 2.53 bits per heavy atom. The summed E-state index contributed by atoms with van der Waals surface area (Å²) >= 11 is 0. The number of carbonyl (C=O) groups excluding carboxylic acids is 2. The molecule has 1 saturated carbocycles. The van der Waals surface area contributed by atoms with Crippen LogP contribution in [0.4, 0.5) is 5.69 Å². The summed E-state index contributed by atoms with van der Waals surface area (Å²) < 4.78 is 28.4. The van der Waals surface area contributed by atoms with Gasteiger partial charge in [-0.25, -0.2) is 8.42 Å². The fourth-order valence-electron chi connectivity index (χ4n) is 5.08. The Bertz CT molecular complexity index is 1190. The van der Waals surface area contributed by atoms with Gasteiger partial charge in [0.25, 0.3) is 0 Å². The van der Waals surface area contributed by atoms with E-state index in [1.165, 1.54) is 4.31 Å². The van der Waals surface area contributed by atoms with Crippen LogP contribution < -0.4 is 10.2 Å². The van der Waals surface area contributed by atoms with Crippen LogP contribution in [0.15, 0.2) is 53.4 Å². The van der Waals surface area contributed by atoms with E-state index in [0.717, 1.165) is 29.7 Å². The standard InChI is InChI=1S/C26H31N3O4S/c1-18-14-22-15-23(11-12-24(22)29(18)26(31)20-9-10-20)34(32,33)28-13-5-8-21(17-28)25(30)27-16-19-6-3-2-4-7-19/h2-4,6-7,11-12,15,18,20-21H,5,8-10,13-14,16-17H2,1H3,(H,27,30)/t18-,21+/m0/s1. The van der Waals surface area contributed by atoms with Crippen molar-refractivity contribution in [3.8, 4) is 0 Å². The van der Waals surface area contributed by atoms with Crippen LogP contribution in [0.5, 0.6) is 0 Å². The van der Waals surface area contributed by atoms with Crippen molar-refractivity contribution in [1.29, 1.82) is 0 Å². The molecule has 0 spiro atoms. The number of rotatable bonds is 6. The summed E-state index contributed by atoms with van der Waals surface area (Å²) in [4.78, 5) is 27.6. The van der Waals surface area contributed by atoms with Crippen LogP contribution in [0.2, 0.25) is 0 Å². The lowest BCUT2D eigenvalue weighted by atomic mass is 9.99. The monoisotopic (exact) mass is 481 g/mol. The molecular formula is C26H31N3O4S. The van der Waals surface area contributed by atoms with Gasteiger partial charge >= 0.3 is 0 Å². The second-order valence-corrected chi connectivity index (χ2v) is 11.7. The lowest BCUT2D eigenvalue weighted by Crippen LogP contribution is -2.45. The summed E-state index contributed by atoms with van der Waals surface area (Å²) in [5.74, 6) is -0.202. The lowest BCUT2D eigenvalue weighted by Gasteiger charge is -2.31. The average molecular weight is 482 g/mol. The second-order valence-electron chi connectivity index (χ2n) is 9.73. The van der Waals surface area contributed by atoms with Crippen molar-refractivity contribution in [2.24, 2.45) is 11.8 Å². The number of fused-ring (bicyclic) bond motifs is 1. The molecule has 2 aromatic rings. The predicted octanol–water partition coefficient (Wildman–Crippen LogP) is 3.09. The minimum atomic E-state index is -3.73. The van der Waals surface area contributed by atoms with Gasteiger partial charge in [0.05, 0.1) is 10.8 Å². The maximum Gasteiger partial charge on any atom is 0.243 e. The molecule has 0 radical (unpaired) electrons. The zero-order valence-electron chi connectivity index (χ0n) is 19.4. The van der Waals surface area contributed by atoms with Gasteiger partial charge in [0, 0.05) is 37.3 Å². The van der Waals surface area contributed by atoms with Crippen LogP contribution >= 0.6 is 0 Å². The van der Waals surface area contributed by atoms with Crippen LogP contribution in [-0.2, 0) is 32.6 Å². The number of hydrogen-bond donors (Lipinski definition) is 1. The van der Waals surface area contributed by atoms with Crippen molar-refractivity contribution in [2.75, 3.05) is 18.0 Å². The fourth-order valence-corrected chi connectivity index (χ4v) is 6.66. The van der Waals surface area contributed by atoms with Gasteiger partial charge in [0.1, 0.15) is 0 Å². The van der Waals surface area contributed by atoms with Gasteiger partial charge in [-0.2, -0.15) is 4.31 Å². The molecule has 2 heterocycles. The van der Waals surface area contributed by atoms with Crippen molar-refractivity contribution in [1.82, 2.24) is 9.62 Å². The Kier molecular flexibility index (Phi) is 6.20. The van der Waals surface area contributed by atoms with Gasteiger partial charge in [0.2, 0.25) is 21.8 Å². The van der Waals surface area contributed by atoms with Crippen LogP contribution in [0, 0.1) is 11.8 Å². The summed E-state index contributed by atoms with van der Waals surface area (Å²) in [6.45, 7) is 3.03. The van der Waals surface area contributed by atoms with Crippen LogP contribution in [0.25, 0.3) is 0 Å². The molecule has 0 aromatic heterocycles. The third kappa shape index (κ3) is 4.49. The Hall–Kier alpha value is -2.71. The van der Waals surface area contributed by atoms with Crippen molar-refractivity contribution in [2.45, 2.75) is 56.5 Å². The first kappa shape index (κ1) is 23.1. The molecule has 0 unspecified atom stereocenters. The Morgan fingerprint density at radius 2 is 1.79 bits per heavy atom. The van der Waals surface area contributed by atoms with Gasteiger partial charge in [-0.05, 0) is 68.4 Å². The average Bonchev–Trinajstić information content (AvgIpc) is 3.64. The van der Waals surface area contributed by atoms with E-state index in [9.17, 15) is 18.0 Å². The fraction of sp³-hybridized carbons (Fsp3) is 0.462. The molecule has 8 heteroatoms. The minimum absolute atomic E-state index is 0.0359. The van der Waals surface area contributed by atoms with E-state index in [2.05, 4.69) is 5.32 Å². The number of carbonyl (C=O) groups is 2. The number of nitrogens with zero attached hydrogens (tertiary/aromatic N) is 2. The molecule has 1 saturated heterocycles. The maximum absolute atomic E-state index is 13.5. The number of anilines is 1. The topological polar surface area (TPSA) is 86.8 Å². The zero-order chi connectivity index (χ0) is 23.9. The van der Waals surface area contributed by atoms with Crippen LogP contribution in [-0.4, -0.2) is 43.7 Å². The Balaban J connectivity index is 1.28.